The van der Waals surface area contributed by atoms with Crippen LogP contribution in [0.1, 0.15) is 68.2 Å². The number of hydrogen-bond donors (Lipinski definition) is 0. The van der Waals surface area contributed by atoms with Gasteiger partial charge in [-0.15, -0.1) is 0 Å². The van der Waals surface area contributed by atoms with Crippen LogP contribution in [0.25, 0.3) is 0 Å². The van der Waals surface area contributed by atoms with Crippen LogP contribution in [0, 0.1) is 10.8 Å². The highest BCUT2D eigenvalue weighted by Gasteiger charge is 2.87. The first-order chi connectivity index (χ1) is 18.0. The van der Waals surface area contributed by atoms with Gasteiger partial charge >= 0.3 is 11.9 Å². The third kappa shape index (κ3) is 1.93. The molecule has 4 aromatic carbocycles. The number of ether oxygens (including phenoxy) is 1. The van der Waals surface area contributed by atoms with Crippen LogP contribution in [0.2, 0.25) is 0 Å². The van der Waals surface area contributed by atoms with Gasteiger partial charge in [0.1, 0.15) is 10.8 Å². The zero-order chi connectivity index (χ0) is 24.8. The third-order valence-corrected chi connectivity index (χ3v) is 11.4. The molecule has 37 heavy (non-hydrogen) atoms. The van der Waals surface area contributed by atoms with Crippen molar-refractivity contribution in [2.45, 2.75) is 23.7 Å². The van der Waals surface area contributed by atoms with Crippen LogP contribution in [0.3, 0.4) is 0 Å². The van der Waals surface area contributed by atoms with E-state index in [9.17, 15) is 9.59 Å². The number of halogens is 2. The van der Waals surface area contributed by atoms with Crippen molar-refractivity contribution in [3.8, 4) is 0 Å². The standard InChI is InChI=1S/C32H18Br2O3/c33-21-13-14-22(34)24-23(21)27-19-11-5-6-12-20(19)28(24)32-26-16-8-2-1-7-15(16)25(17-9-3-4-10-18(17)26)31(27,32)29(35)37-30(32)36/h1-14,25-28H/t25?,26?,27-,28+,31+,32-. The SMILES string of the molecule is O=C1OC(=O)[C@]23C4c5ccccc5C(c5ccccc54)[C@]12[C@@H]1c2ccccc2[C@H]3c2c(Br)ccc(Br)c21. The topological polar surface area (TPSA) is 43.4 Å². The third-order valence-electron chi connectivity index (χ3n) is 9.98. The number of carbonyl (C=O) groups is 2. The van der Waals surface area contributed by atoms with Crippen molar-refractivity contribution in [3.05, 3.63) is 138 Å². The Labute approximate surface area is 230 Å². The summed E-state index contributed by atoms with van der Waals surface area (Å²) in [6.45, 7) is 0. The van der Waals surface area contributed by atoms with Gasteiger partial charge in [-0.05, 0) is 56.6 Å². The number of carbonyl (C=O) groups excluding carboxylic acids is 2. The van der Waals surface area contributed by atoms with Crippen molar-refractivity contribution in [2.24, 2.45) is 10.8 Å². The molecule has 0 spiro atoms. The molecule has 1 fully saturated rings. The molecule has 0 aromatic heterocycles. The van der Waals surface area contributed by atoms with Crippen LogP contribution in [0.4, 0.5) is 0 Å². The predicted molar refractivity (Wildman–Crippen MR) is 145 cm³/mol. The zero-order valence-electron chi connectivity index (χ0n) is 19.4. The summed E-state index contributed by atoms with van der Waals surface area (Å²) in [7, 11) is 0. The molecular formula is C32H18Br2O3. The molecule has 1 saturated heterocycles. The zero-order valence-corrected chi connectivity index (χ0v) is 22.5. The second-order valence-electron chi connectivity index (χ2n) is 10.9. The second kappa shape index (κ2) is 6.51. The van der Waals surface area contributed by atoms with Crippen molar-refractivity contribution in [1.29, 1.82) is 0 Å². The normalized spacial score (nSPS) is 32.6. The summed E-state index contributed by atoms with van der Waals surface area (Å²) in [4.78, 5) is 29.0. The summed E-state index contributed by atoms with van der Waals surface area (Å²) in [6, 6.07) is 29.3. The Hall–Kier alpha value is -3.02. The molecule has 0 unspecified atom stereocenters. The molecule has 4 bridgehead atoms. The molecule has 0 saturated carbocycles. The number of esters is 2. The van der Waals surface area contributed by atoms with Crippen LogP contribution in [0.5, 0.6) is 0 Å². The summed E-state index contributed by atoms with van der Waals surface area (Å²) in [5, 5.41) is 0. The Bertz CT molecular complexity index is 1600. The van der Waals surface area contributed by atoms with Crippen LogP contribution in [0.15, 0.2) is 93.9 Å². The van der Waals surface area contributed by atoms with Gasteiger partial charge < -0.3 is 4.74 Å². The lowest BCUT2D eigenvalue weighted by Crippen LogP contribution is -2.68. The molecule has 4 aromatic rings. The van der Waals surface area contributed by atoms with Crippen molar-refractivity contribution in [3.63, 3.8) is 0 Å². The van der Waals surface area contributed by atoms with E-state index in [-0.39, 0.29) is 35.6 Å². The molecule has 178 valence electrons. The van der Waals surface area contributed by atoms with E-state index in [1.807, 2.05) is 0 Å². The fraction of sp³-hybridized carbons (Fsp3) is 0.188. The van der Waals surface area contributed by atoms with Gasteiger partial charge in [-0.3, -0.25) is 9.59 Å². The largest absolute Gasteiger partial charge is 0.392 e. The van der Waals surface area contributed by atoms with E-state index < -0.39 is 10.8 Å². The van der Waals surface area contributed by atoms with E-state index in [0.717, 1.165) is 53.5 Å². The fourth-order valence-corrected chi connectivity index (χ4v) is 10.4. The Morgan fingerprint density at radius 1 is 0.486 bits per heavy atom. The van der Waals surface area contributed by atoms with E-state index in [4.69, 9.17) is 4.74 Å². The quantitative estimate of drug-likeness (QED) is 0.157. The molecule has 1 heterocycles. The first-order valence-electron chi connectivity index (χ1n) is 12.6. The molecule has 6 aliphatic carbocycles. The van der Waals surface area contributed by atoms with Crippen LogP contribution < -0.4 is 0 Å². The Morgan fingerprint density at radius 3 is 1.11 bits per heavy atom. The van der Waals surface area contributed by atoms with Crippen molar-refractivity contribution in [1.82, 2.24) is 0 Å². The van der Waals surface area contributed by atoms with Gasteiger partial charge in [-0.1, -0.05) is 105 Å². The van der Waals surface area contributed by atoms with Gasteiger partial charge in [0.15, 0.2) is 0 Å². The van der Waals surface area contributed by atoms with E-state index in [2.05, 4.69) is 117 Å². The first kappa shape index (κ1) is 21.0. The van der Waals surface area contributed by atoms with Gasteiger partial charge in [-0.25, -0.2) is 0 Å². The highest BCUT2D eigenvalue weighted by molar-refractivity contribution is 9.11. The minimum absolute atomic E-state index is 0.288. The molecule has 0 radical (unpaired) electrons. The monoisotopic (exact) mass is 608 g/mol. The molecule has 3 nitrogen and oxygen atoms in total. The molecule has 1 aliphatic heterocycles. The highest BCUT2D eigenvalue weighted by Crippen LogP contribution is 2.85. The number of benzene rings is 4. The van der Waals surface area contributed by atoms with E-state index in [0.29, 0.717) is 0 Å². The van der Waals surface area contributed by atoms with Crippen molar-refractivity contribution < 1.29 is 14.3 Å². The Morgan fingerprint density at radius 2 is 0.784 bits per heavy atom. The van der Waals surface area contributed by atoms with Crippen LogP contribution >= 0.6 is 31.9 Å². The summed E-state index contributed by atoms with van der Waals surface area (Å²) in [5.74, 6) is -1.99. The molecule has 0 N–H and O–H groups in total. The lowest BCUT2D eigenvalue weighted by molar-refractivity contribution is -0.156. The van der Waals surface area contributed by atoms with E-state index >= 15 is 0 Å². The second-order valence-corrected chi connectivity index (χ2v) is 12.6. The van der Waals surface area contributed by atoms with Gasteiger partial charge in [0.2, 0.25) is 0 Å². The highest BCUT2D eigenvalue weighted by atomic mass is 79.9. The van der Waals surface area contributed by atoms with Crippen molar-refractivity contribution >= 4 is 43.8 Å². The van der Waals surface area contributed by atoms with Crippen molar-refractivity contribution in [2.75, 3.05) is 0 Å². The average Bonchev–Trinajstić information content (AvgIpc) is 3.18. The molecular weight excluding hydrogens is 592 g/mol. The maximum atomic E-state index is 14.5. The van der Waals surface area contributed by atoms with Gasteiger partial charge in [0.25, 0.3) is 0 Å². The molecule has 7 aliphatic rings. The smallest absolute Gasteiger partial charge is 0.322 e. The van der Waals surface area contributed by atoms with E-state index in [1.165, 1.54) is 0 Å². The van der Waals surface area contributed by atoms with E-state index in [1.54, 1.807) is 0 Å². The van der Waals surface area contributed by atoms with Gasteiger partial charge in [-0.2, -0.15) is 0 Å². The summed E-state index contributed by atoms with van der Waals surface area (Å²) in [5.41, 5.74) is 6.88. The lowest BCUT2D eigenvalue weighted by Gasteiger charge is -2.68. The number of rotatable bonds is 0. The molecule has 4 atom stereocenters. The minimum atomic E-state index is -1.08. The maximum absolute atomic E-state index is 14.5. The van der Waals surface area contributed by atoms with Gasteiger partial charge in [0.05, 0.1) is 0 Å². The summed E-state index contributed by atoms with van der Waals surface area (Å²) < 4.78 is 7.83. The number of cyclic esters (lactones) is 2. The molecule has 0 amide bonds. The van der Waals surface area contributed by atoms with Gasteiger partial charge in [0, 0.05) is 32.6 Å². The summed E-state index contributed by atoms with van der Waals surface area (Å²) in [6.07, 6.45) is 0. The first-order valence-corrected chi connectivity index (χ1v) is 14.1. The van der Waals surface area contributed by atoms with Crippen LogP contribution in [-0.4, -0.2) is 11.9 Å². The predicted octanol–water partition coefficient (Wildman–Crippen LogP) is 7.15. The molecule has 11 rings (SSSR count). The number of hydrogen-bond acceptors (Lipinski definition) is 3. The van der Waals surface area contributed by atoms with Crippen LogP contribution in [-0.2, 0) is 14.3 Å². The lowest BCUT2D eigenvalue weighted by atomic mass is 9.29. The fourth-order valence-electron chi connectivity index (χ4n) is 9.20. The Balaban J connectivity index is 1.57. The Kier molecular flexibility index (Phi) is 3.69. The minimum Gasteiger partial charge on any atom is -0.392 e. The molecule has 5 heteroatoms. The average molecular weight is 610 g/mol. The summed E-state index contributed by atoms with van der Waals surface area (Å²) >= 11 is 7.74. The maximum Gasteiger partial charge on any atom is 0.322 e.